The van der Waals surface area contributed by atoms with E-state index in [1.165, 1.54) is 4.31 Å². The Balaban J connectivity index is 1.82. The number of benzene rings is 1. The van der Waals surface area contributed by atoms with Crippen LogP contribution in [0.5, 0.6) is 0 Å². The van der Waals surface area contributed by atoms with Crippen LogP contribution in [0.1, 0.15) is 19.8 Å². The molecule has 1 aromatic rings. The van der Waals surface area contributed by atoms with Crippen LogP contribution in [-0.4, -0.2) is 75.8 Å². The molecule has 2 rings (SSSR count). The van der Waals surface area contributed by atoms with Gasteiger partial charge in [0.05, 0.1) is 18.6 Å². The predicted octanol–water partition coefficient (Wildman–Crippen LogP) is 1.53. The first-order valence-electron chi connectivity index (χ1n) is 9.05. The molecule has 0 N–H and O–H groups in total. The van der Waals surface area contributed by atoms with Crippen molar-refractivity contribution in [2.75, 3.05) is 49.9 Å². The number of ether oxygens (including phenoxy) is 1. The number of sulfonamides is 1. The van der Waals surface area contributed by atoms with Crippen LogP contribution in [0.3, 0.4) is 0 Å². The van der Waals surface area contributed by atoms with E-state index >= 15 is 0 Å². The molecular formula is C18H27N3O5S. The second-order valence-corrected chi connectivity index (χ2v) is 8.25. The number of carbonyl (C=O) groups excluding carboxylic acids is 2. The highest BCUT2D eigenvalue weighted by Gasteiger charge is 2.25. The average molecular weight is 397 g/mol. The van der Waals surface area contributed by atoms with Crippen molar-refractivity contribution >= 4 is 27.7 Å². The van der Waals surface area contributed by atoms with Gasteiger partial charge in [-0.3, -0.25) is 9.10 Å². The number of hydrogen-bond acceptors (Lipinski definition) is 5. The second-order valence-electron chi connectivity index (χ2n) is 6.34. The van der Waals surface area contributed by atoms with E-state index in [-0.39, 0.29) is 25.0 Å². The van der Waals surface area contributed by atoms with Crippen LogP contribution < -0.4 is 4.31 Å². The molecule has 9 heteroatoms. The third-order valence-electron chi connectivity index (χ3n) is 4.35. The Morgan fingerprint density at radius 2 is 1.67 bits per heavy atom. The predicted molar refractivity (Wildman–Crippen MR) is 103 cm³/mol. The van der Waals surface area contributed by atoms with E-state index in [0.717, 1.165) is 6.26 Å². The van der Waals surface area contributed by atoms with Gasteiger partial charge in [0, 0.05) is 39.1 Å². The van der Waals surface area contributed by atoms with E-state index in [1.54, 1.807) is 41.0 Å². The van der Waals surface area contributed by atoms with Crippen molar-refractivity contribution in [1.29, 1.82) is 0 Å². The number of amides is 2. The number of nitrogens with zero attached hydrogens (tertiary/aromatic N) is 3. The van der Waals surface area contributed by atoms with Gasteiger partial charge in [0.25, 0.3) is 0 Å². The lowest BCUT2D eigenvalue weighted by molar-refractivity contribution is -0.132. The van der Waals surface area contributed by atoms with Crippen molar-refractivity contribution in [3.63, 3.8) is 0 Å². The molecule has 1 aliphatic rings. The highest BCUT2D eigenvalue weighted by molar-refractivity contribution is 7.92. The van der Waals surface area contributed by atoms with E-state index in [9.17, 15) is 18.0 Å². The second kappa shape index (κ2) is 9.59. The third-order valence-corrected chi connectivity index (χ3v) is 5.55. The molecule has 0 aliphatic carbocycles. The van der Waals surface area contributed by atoms with Gasteiger partial charge in [-0.2, -0.15) is 0 Å². The van der Waals surface area contributed by atoms with Gasteiger partial charge in [-0.15, -0.1) is 0 Å². The maximum absolute atomic E-state index is 12.4. The Labute approximate surface area is 160 Å². The number of hydrogen-bond donors (Lipinski definition) is 0. The van der Waals surface area contributed by atoms with Crippen molar-refractivity contribution in [3.8, 4) is 0 Å². The van der Waals surface area contributed by atoms with Gasteiger partial charge in [0.15, 0.2) is 0 Å². The minimum atomic E-state index is -3.41. The van der Waals surface area contributed by atoms with Crippen LogP contribution in [0.25, 0.3) is 0 Å². The van der Waals surface area contributed by atoms with Gasteiger partial charge >= 0.3 is 6.09 Å². The van der Waals surface area contributed by atoms with Gasteiger partial charge < -0.3 is 14.5 Å². The van der Waals surface area contributed by atoms with E-state index < -0.39 is 10.0 Å². The zero-order chi connectivity index (χ0) is 19.9. The van der Waals surface area contributed by atoms with Gasteiger partial charge in [0.2, 0.25) is 15.9 Å². The Kier molecular flexibility index (Phi) is 7.46. The number of anilines is 1. The molecule has 1 aromatic carbocycles. The van der Waals surface area contributed by atoms with E-state index in [4.69, 9.17) is 4.74 Å². The summed E-state index contributed by atoms with van der Waals surface area (Å²) in [7, 11) is -3.41. The topological polar surface area (TPSA) is 87.2 Å². The molecule has 27 heavy (non-hydrogen) atoms. The smallest absolute Gasteiger partial charge is 0.409 e. The van der Waals surface area contributed by atoms with Gasteiger partial charge in [-0.25, -0.2) is 13.2 Å². The molecular weight excluding hydrogens is 370 g/mol. The summed E-state index contributed by atoms with van der Waals surface area (Å²) in [5.74, 6) is -0.0278. The lowest BCUT2D eigenvalue weighted by Gasteiger charge is -2.34. The normalized spacial score (nSPS) is 14.7. The average Bonchev–Trinajstić information content (AvgIpc) is 2.65. The fraction of sp³-hybridized carbons (Fsp3) is 0.556. The number of rotatable bonds is 7. The minimum absolute atomic E-state index is 0.0278. The van der Waals surface area contributed by atoms with Crippen LogP contribution in [-0.2, 0) is 19.6 Å². The van der Waals surface area contributed by atoms with E-state index in [1.807, 2.05) is 6.07 Å². The molecule has 0 unspecified atom stereocenters. The lowest BCUT2D eigenvalue weighted by Crippen LogP contribution is -2.50. The van der Waals surface area contributed by atoms with Crippen molar-refractivity contribution < 1.29 is 22.7 Å². The highest BCUT2D eigenvalue weighted by atomic mass is 32.2. The first-order chi connectivity index (χ1) is 12.8. The largest absolute Gasteiger partial charge is 0.450 e. The van der Waals surface area contributed by atoms with Crippen LogP contribution in [0.2, 0.25) is 0 Å². The summed E-state index contributed by atoms with van der Waals surface area (Å²) in [6.45, 7) is 4.16. The molecule has 8 nitrogen and oxygen atoms in total. The van der Waals surface area contributed by atoms with Gasteiger partial charge in [-0.05, 0) is 25.5 Å². The monoisotopic (exact) mass is 397 g/mol. The first kappa shape index (κ1) is 21.0. The molecule has 0 bridgehead atoms. The summed E-state index contributed by atoms with van der Waals surface area (Å²) < 4.78 is 30.4. The maximum Gasteiger partial charge on any atom is 0.409 e. The molecule has 1 heterocycles. The lowest BCUT2D eigenvalue weighted by atomic mass is 10.2. The summed E-state index contributed by atoms with van der Waals surface area (Å²) in [5.41, 5.74) is 0.593. The molecule has 150 valence electrons. The number of piperazine rings is 1. The summed E-state index contributed by atoms with van der Waals surface area (Å²) in [6, 6.07) is 8.85. The van der Waals surface area contributed by atoms with E-state index in [2.05, 4.69) is 0 Å². The van der Waals surface area contributed by atoms with Gasteiger partial charge in [0.1, 0.15) is 0 Å². The van der Waals surface area contributed by atoms with Crippen LogP contribution in [0, 0.1) is 0 Å². The molecule has 1 fully saturated rings. The number of para-hydroxylation sites is 1. The zero-order valence-corrected chi connectivity index (χ0v) is 16.7. The molecule has 1 saturated heterocycles. The van der Waals surface area contributed by atoms with E-state index in [0.29, 0.717) is 44.9 Å². The highest BCUT2D eigenvalue weighted by Crippen LogP contribution is 2.18. The quantitative estimate of drug-likeness (QED) is 0.696. The van der Waals surface area contributed by atoms with Crippen LogP contribution in [0.15, 0.2) is 30.3 Å². The molecule has 2 amide bonds. The van der Waals surface area contributed by atoms with Crippen LogP contribution in [0.4, 0.5) is 10.5 Å². The summed E-state index contributed by atoms with van der Waals surface area (Å²) in [5, 5.41) is 0. The van der Waals surface area contributed by atoms with Crippen molar-refractivity contribution in [3.05, 3.63) is 30.3 Å². The summed E-state index contributed by atoms with van der Waals surface area (Å²) >= 11 is 0. The minimum Gasteiger partial charge on any atom is -0.450 e. The first-order valence-corrected chi connectivity index (χ1v) is 10.9. The Bertz CT molecular complexity index is 731. The zero-order valence-electron chi connectivity index (χ0n) is 15.8. The fourth-order valence-electron chi connectivity index (χ4n) is 2.97. The number of carbonyl (C=O) groups is 2. The Morgan fingerprint density at radius 3 is 2.22 bits per heavy atom. The molecule has 0 atom stereocenters. The van der Waals surface area contributed by atoms with Crippen molar-refractivity contribution in [2.45, 2.75) is 19.8 Å². The van der Waals surface area contributed by atoms with Crippen molar-refractivity contribution in [1.82, 2.24) is 9.80 Å². The van der Waals surface area contributed by atoms with Gasteiger partial charge in [-0.1, -0.05) is 18.2 Å². The van der Waals surface area contributed by atoms with Crippen LogP contribution >= 0.6 is 0 Å². The molecule has 0 saturated carbocycles. The summed E-state index contributed by atoms with van der Waals surface area (Å²) in [6.07, 6.45) is 1.50. The molecule has 0 aromatic heterocycles. The van der Waals surface area contributed by atoms with Crippen molar-refractivity contribution in [2.24, 2.45) is 0 Å². The Hall–Kier alpha value is -2.29. The SMILES string of the molecule is CCOC(=O)N1CCN(C(=O)CCCN(c2ccccc2)S(C)(=O)=O)CC1. The third kappa shape index (κ3) is 6.13. The standard InChI is InChI=1S/C18H27N3O5S/c1-3-26-18(23)20-14-12-19(13-15-20)17(22)10-7-11-21(27(2,24)25)16-8-5-4-6-9-16/h4-6,8-9H,3,7,10-15H2,1-2H3. The summed E-state index contributed by atoms with van der Waals surface area (Å²) in [4.78, 5) is 27.4. The maximum atomic E-state index is 12.4. The molecule has 0 spiro atoms. The Morgan fingerprint density at radius 1 is 1.07 bits per heavy atom. The fourth-order valence-corrected chi connectivity index (χ4v) is 3.93. The molecule has 0 radical (unpaired) electrons. The molecule has 1 aliphatic heterocycles.